The quantitative estimate of drug-likeness (QED) is 0.163. The molecular weight excluding hydrogens is 816 g/mol. The standard InChI is InChI=1S/C62H77BN2S/c1-36(2)43-23-24-60(13,14)46-35-53-45(32-44(43)46)54-56(66-53)65(41-21-19-38(20-22-41)57(4,5)6)52-28-37(3)27-51-55(52)63(54)49-33-47-48(62(17,18)26-25-61(47,15)16)34-50(49)64(51)42-30-39(58(7,8)9)29-40(31-42)59(10,11)12/h19-22,27-36,43H,23-26H2,1-18H3. The lowest BCUT2D eigenvalue weighted by Crippen LogP contribution is -2.61. The van der Waals surface area contributed by atoms with Crippen molar-refractivity contribution in [2.75, 3.05) is 9.80 Å². The van der Waals surface area contributed by atoms with Crippen LogP contribution in [0.15, 0.2) is 78.9 Å². The molecule has 0 saturated carbocycles. The van der Waals surface area contributed by atoms with Crippen LogP contribution in [0.5, 0.6) is 0 Å². The van der Waals surface area contributed by atoms with E-state index in [1.54, 1.807) is 11.1 Å². The SMILES string of the molecule is Cc1cc2c3c(c1)N(c1ccc(C(C)(C)C)cc1)c1sc4cc5c(cc4c1B3c1cc3c(cc1N2c1cc(C(C)(C)C)cc(C(C)(C)C)c1)C(C)(C)CCC3(C)C)C(C(C)C)CCC5(C)C. The van der Waals surface area contributed by atoms with Crippen molar-refractivity contribution in [2.24, 2.45) is 5.92 Å². The van der Waals surface area contributed by atoms with Gasteiger partial charge in [-0.3, -0.25) is 0 Å². The Bertz CT molecular complexity index is 2920. The fourth-order valence-corrected chi connectivity index (χ4v) is 13.7. The second-order valence-electron chi connectivity index (χ2n) is 26.6. The Morgan fingerprint density at radius 3 is 1.67 bits per heavy atom. The zero-order valence-electron chi connectivity index (χ0n) is 43.9. The first-order valence-electron chi connectivity index (χ1n) is 25.4. The van der Waals surface area contributed by atoms with Crippen molar-refractivity contribution in [2.45, 2.75) is 189 Å². The molecule has 0 fully saturated rings. The first-order chi connectivity index (χ1) is 30.6. The summed E-state index contributed by atoms with van der Waals surface area (Å²) in [5, 5.41) is 2.84. The van der Waals surface area contributed by atoms with Crippen LogP contribution in [-0.4, -0.2) is 6.71 Å². The molecule has 2 aliphatic heterocycles. The van der Waals surface area contributed by atoms with E-state index in [4.69, 9.17) is 0 Å². The molecule has 1 aromatic heterocycles. The highest BCUT2D eigenvalue weighted by atomic mass is 32.1. The fourth-order valence-electron chi connectivity index (χ4n) is 12.4. The number of fused-ring (bicyclic) bond motifs is 8. The molecule has 6 aromatic rings. The smallest absolute Gasteiger partial charge is 0.254 e. The lowest BCUT2D eigenvalue weighted by atomic mass is 9.33. The molecule has 0 radical (unpaired) electrons. The summed E-state index contributed by atoms with van der Waals surface area (Å²) in [6.07, 6.45) is 4.85. The number of hydrogen-bond donors (Lipinski definition) is 0. The largest absolute Gasteiger partial charge is 0.311 e. The first-order valence-corrected chi connectivity index (χ1v) is 26.2. The van der Waals surface area contributed by atoms with E-state index in [9.17, 15) is 0 Å². The topological polar surface area (TPSA) is 6.48 Å². The molecule has 3 heterocycles. The molecule has 0 N–H and O–H groups in total. The minimum absolute atomic E-state index is 0.0207. The summed E-state index contributed by atoms with van der Waals surface area (Å²) in [4.78, 5) is 5.40. The molecule has 10 rings (SSSR count). The monoisotopic (exact) mass is 893 g/mol. The normalized spacial score (nSPS) is 19.4. The van der Waals surface area contributed by atoms with Crippen LogP contribution in [-0.2, 0) is 32.5 Å². The van der Waals surface area contributed by atoms with Crippen molar-refractivity contribution in [1.82, 2.24) is 0 Å². The van der Waals surface area contributed by atoms with Crippen molar-refractivity contribution >= 4 is 78.0 Å². The highest BCUT2D eigenvalue weighted by Gasteiger charge is 2.49. The van der Waals surface area contributed by atoms with Gasteiger partial charge in [0, 0.05) is 33.1 Å². The van der Waals surface area contributed by atoms with Crippen LogP contribution in [0.3, 0.4) is 0 Å². The summed E-state index contributed by atoms with van der Waals surface area (Å²) in [6, 6.07) is 32.9. The number of anilines is 6. The van der Waals surface area contributed by atoms with Crippen molar-refractivity contribution in [3.63, 3.8) is 0 Å². The summed E-state index contributed by atoms with van der Waals surface area (Å²) in [6.45, 7) is 43.6. The summed E-state index contributed by atoms with van der Waals surface area (Å²) >= 11 is 2.04. The van der Waals surface area contributed by atoms with E-state index in [-0.39, 0.29) is 39.2 Å². The second kappa shape index (κ2) is 14.6. The van der Waals surface area contributed by atoms with Gasteiger partial charge in [-0.2, -0.15) is 0 Å². The number of thiophene rings is 1. The van der Waals surface area contributed by atoms with Gasteiger partial charge >= 0.3 is 0 Å². The maximum atomic E-state index is 2.73. The molecule has 0 spiro atoms. The zero-order valence-corrected chi connectivity index (χ0v) is 44.7. The van der Waals surface area contributed by atoms with E-state index < -0.39 is 0 Å². The average molecular weight is 893 g/mol. The second-order valence-corrected chi connectivity index (χ2v) is 27.7. The number of nitrogens with zero attached hydrogens (tertiary/aromatic N) is 2. The summed E-state index contributed by atoms with van der Waals surface area (Å²) in [5.41, 5.74) is 22.8. The maximum absolute atomic E-state index is 2.73. The summed E-state index contributed by atoms with van der Waals surface area (Å²) in [7, 11) is 0. The van der Waals surface area contributed by atoms with E-state index in [1.807, 2.05) is 11.3 Å². The van der Waals surface area contributed by atoms with E-state index >= 15 is 0 Å². The molecule has 0 amide bonds. The van der Waals surface area contributed by atoms with E-state index in [2.05, 4.69) is 213 Å². The third-order valence-corrected chi connectivity index (χ3v) is 18.0. The van der Waals surface area contributed by atoms with Crippen LogP contribution in [0.2, 0.25) is 0 Å². The van der Waals surface area contributed by atoms with Gasteiger partial charge in [0.15, 0.2) is 0 Å². The fraction of sp³-hybridized carbons (Fsp3) is 0.484. The van der Waals surface area contributed by atoms with Gasteiger partial charge in [-0.1, -0.05) is 148 Å². The lowest BCUT2D eigenvalue weighted by molar-refractivity contribution is 0.332. The number of hydrogen-bond acceptors (Lipinski definition) is 3. The van der Waals surface area contributed by atoms with Crippen LogP contribution >= 0.6 is 11.3 Å². The highest BCUT2D eigenvalue weighted by Crippen LogP contribution is 2.54. The van der Waals surface area contributed by atoms with Crippen molar-refractivity contribution < 1.29 is 0 Å². The lowest BCUT2D eigenvalue weighted by Gasteiger charge is -2.47. The van der Waals surface area contributed by atoms with E-state index in [0.717, 1.165) is 0 Å². The maximum Gasteiger partial charge on any atom is 0.254 e. The minimum atomic E-state index is -0.0207. The number of rotatable bonds is 3. The Morgan fingerprint density at radius 2 is 1.11 bits per heavy atom. The van der Waals surface area contributed by atoms with Gasteiger partial charge in [-0.05, 0) is 192 Å². The van der Waals surface area contributed by atoms with E-state index in [1.165, 1.54) is 119 Å². The molecule has 1 atom stereocenters. The van der Waals surface area contributed by atoms with Crippen LogP contribution in [0.1, 0.15) is 194 Å². The molecule has 1 unspecified atom stereocenters. The van der Waals surface area contributed by atoms with E-state index in [0.29, 0.717) is 11.8 Å². The molecule has 5 aromatic carbocycles. The molecule has 4 aliphatic rings. The van der Waals surface area contributed by atoms with Crippen molar-refractivity contribution in [3.8, 4) is 0 Å². The van der Waals surface area contributed by atoms with Gasteiger partial charge < -0.3 is 9.80 Å². The molecule has 2 aliphatic carbocycles. The molecule has 0 saturated heterocycles. The summed E-state index contributed by atoms with van der Waals surface area (Å²) in [5.74, 6) is 1.14. The molecule has 2 nitrogen and oxygen atoms in total. The van der Waals surface area contributed by atoms with Gasteiger partial charge in [0.05, 0.1) is 5.00 Å². The molecule has 0 bridgehead atoms. The minimum Gasteiger partial charge on any atom is -0.311 e. The molecule has 4 heteroatoms. The zero-order chi connectivity index (χ0) is 47.6. The van der Waals surface area contributed by atoms with Crippen LogP contribution in [0.25, 0.3) is 10.1 Å². The Labute approximate surface area is 403 Å². The van der Waals surface area contributed by atoms with Gasteiger partial charge in [-0.15, -0.1) is 11.3 Å². The third-order valence-electron chi connectivity index (χ3n) is 16.9. The van der Waals surface area contributed by atoms with Crippen molar-refractivity contribution in [1.29, 1.82) is 0 Å². The van der Waals surface area contributed by atoms with Crippen LogP contribution < -0.4 is 26.2 Å². The molecular formula is C62H77BN2S. The Morgan fingerprint density at radius 1 is 0.561 bits per heavy atom. The average Bonchev–Trinajstić information content (AvgIpc) is 3.58. The number of benzene rings is 5. The van der Waals surface area contributed by atoms with Crippen molar-refractivity contribution in [3.05, 3.63) is 123 Å². The Hall–Kier alpha value is -4.28. The van der Waals surface area contributed by atoms with Crippen LogP contribution in [0, 0.1) is 12.8 Å². The first kappa shape index (κ1) is 45.5. The highest BCUT2D eigenvalue weighted by molar-refractivity contribution is 7.26. The molecule has 344 valence electrons. The third kappa shape index (κ3) is 7.07. The van der Waals surface area contributed by atoms with Gasteiger partial charge in [0.2, 0.25) is 0 Å². The van der Waals surface area contributed by atoms with Gasteiger partial charge in [0.25, 0.3) is 6.71 Å². The van der Waals surface area contributed by atoms with Crippen LogP contribution in [0.4, 0.5) is 33.4 Å². The predicted molar refractivity (Wildman–Crippen MR) is 292 cm³/mol. The Balaban J connectivity index is 1.37. The predicted octanol–water partition coefficient (Wildman–Crippen LogP) is 16.3. The summed E-state index contributed by atoms with van der Waals surface area (Å²) < 4.78 is 1.43. The van der Waals surface area contributed by atoms with Gasteiger partial charge in [-0.25, -0.2) is 0 Å². The molecule has 66 heavy (non-hydrogen) atoms. The Kier molecular flexibility index (Phi) is 10.1. The van der Waals surface area contributed by atoms with Gasteiger partial charge in [0.1, 0.15) is 0 Å². The number of aryl methyl sites for hydroxylation is 1.